The SMILES string of the molecule is CC[C@H](NC(=O)COCc1ccccc1)c1cnn(C)c1. The van der Waals surface area contributed by atoms with Gasteiger partial charge in [0.15, 0.2) is 0 Å². The molecular formula is C16H21N3O2. The van der Waals surface area contributed by atoms with Crippen molar-refractivity contribution in [3.05, 3.63) is 53.9 Å². The Morgan fingerprint density at radius 2 is 2.14 bits per heavy atom. The number of carbonyl (C=O) groups is 1. The molecular weight excluding hydrogens is 266 g/mol. The van der Waals surface area contributed by atoms with E-state index in [2.05, 4.69) is 10.4 Å². The first-order chi connectivity index (χ1) is 10.2. The molecule has 0 radical (unpaired) electrons. The standard InChI is InChI=1S/C16H21N3O2/c1-3-15(14-9-17-19(2)10-14)18-16(20)12-21-11-13-7-5-4-6-8-13/h4-10,15H,3,11-12H2,1-2H3,(H,18,20)/t15-/m0/s1. The van der Waals surface area contributed by atoms with Crippen LogP contribution in [-0.2, 0) is 23.2 Å². The normalized spacial score (nSPS) is 12.1. The summed E-state index contributed by atoms with van der Waals surface area (Å²) in [4.78, 5) is 11.9. The summed E-state index contributed by atoms with van der Waals surface area (Å²) in [6, 6.07) is 9.79. The van der Waals surface area contributed by atoms with Gasteiger partial charge < -0.3 is 10.1 Å². The first-order valence-electron chi connectivity index (χ1n) is 7.08. The minimum absolute atomic E-state index is 0.0217. The van der Waals surface area contributed by atoms with E-state index in [1.807, 2.05) is 50.5 Å². The van der Waals surface area contributed by atoms with Crippen molar-refractivity contribution >= 4 is 5.91 Å². The molecule has 0 unspecified atom stereocenters. The van der Waals surface area contributed by atoms with E-state index in [4.69, 9.17) is 4.74 Å². The smallest absolute Gasteiger partial charge is 0.246 e. The van der Waals surface area contributed by atoms with Gasteiger partial charge in [-0.05, 0) is 12.0 Å². The predicted octanol–water partition coefficient (Wildman–Crippen LogP) is 2.20. The Bertz CT molecular complexity index is 566. The third kappa shape index (κ3) is 4.72. The third-order valence-corrected chi connectivity index (χ3v) is 3.22. The number of ether oxygens (including phenoxy) is 1. The zero-order chi connectivity index (χ0) is 15.1. The molecule has 0 spiro atoms. The molecule has 0 bridgehead atoms. The summed E-state index contributed by atoms with van der Waals surface area (Å²) in [5.41, 5.74) is 2.07. The van der Waals surface area contributed by atoms with Gasteiger partial charge in [-0.2, -0.15) is 5.10 Å². The molecule has 1 aromatic carbocycles. The lowest BCUT2D eigenvalue weighted by atomic mass is 10.1. The van der Waals surface area contributed by atoms with Crippen molar-refractivity contribution in [2.45, 2.75) is 26.0 Å². The van der Waals surface area contributed by atoms with Gasteiger partial charge in [0.25, 0.3) is 0 Å². The summed E-state index contributed by atoms with van der Waals surface area (Å²) < 4.78 is 7.17. The Labute approximate surface area is 124 Å². The monoisotopic (exact) mass is 287 g/mol. The fraction of sp³-hybridized carbons (Fsp3) is 0.375. The number of carbonyl (C=O) groups excluding carboxylic acids is 1. The average molecular weight is 287 g/mol. The topological polar surface area (TPSA) is 56.1 Å². The number of amides is 1. The molecule has 0 saturated carbocycles. The van der Waals surface area contributed by atoms with Gasteiger partial charge in [0.05, 0.1) is 18.8 Å². The second-order valence-corrected chi connectivity index (χ2v) is 4.95. The largest absolute Gasteiger partial charge is 0.367 e. The van der Waals surface area contributed by atoms with Gasteiger partial charge in [-0.3, -0.25) is 9.48 Å². The Hall–Kier alpha value is -2.14. The Morgan fingerprint density at radius 3 is 2.76 bits per heavy atom. The third-order valence-electron chi connectivity index (χ3n) is 3.22. The van der Waals surface area contributed by atoms with Crippen LogP contribution in [0.3, 0.4) is 0 Å². The quantitative estimate of drug-likeness (QED) is 0.849. The van der Waals surface area contributed by atoms with E-state index in [1.165, 1.54) is 0 Å². The fourth-order valence-electron chi connectivity index (χ4n) is 2.11. The van der Waals surface area contributed by atoms with Gasteiger partial charge in [0.1, 0.15) is 6.61 Å². The predicted molar refractivity (Wildman–Crippen MR) is 80.5 cm³/mol. The summed E-state index contributed by atoms with van der Waals surface area (Å²) in [7, 11) is 1.86. The maximum absolute atomic E-state index is 11.9. The first-order valence-corrected chi connectivity index (χ1v) is 7.08. The molecule has 1 atom stereocenters. The molecule has 2 aromatic rings. The van der Waals surface area contributed by atoms with Crippen molar-refractivity contribution in [3.63, 3.8) is 0 Å². The van der Waals surface area contributed by atoms with Crippen LogP contribution in [0.1, 0.15) is 30.5 Å². The van der Waals surface area contributed by atoms with Gasteiger partial charge in [0, 0.05) is 18.8 Å². The van der Waals surface area contributed by atoms with Crippen LogP contribution in [0, 0.1) is 0 Å². The maximum Gasteiger partial charge on any atom is 0.246 e. The van der Waals surface area contributed by atoms with E-state index in [-0.39, 0.29) is 18.6 Å². The molecule has 0 aliphatic carbocycles. The van der Waals surface area contributed by atoms with Gasteiger partial charge in [0.2, 0.25) is 5.91 Å². The Kier molecular flexibility index (Phi) is 5.51. The van der Waals surface area contributed by atoms with Crippen LogP contribution in [-0.4, -0.2) is 22.3 Å². The molecule has 5 nitrogen and oxygen atoms in total. The minimum atomic E-state index is -0.110. The van der Waals surface area contributed by atoms with Crippen LogP contribution < -0.4 is 5.32 Å². The molecule has 2 rings (SSSR count). The summed E-state index contributed by atoms with van der Waals surface area (Å²) in [6.07, 6.45) is 4.51. The molecule has 5 heteroatoms. The van der Waals surface area contributed by atoms with Gasteiger partial charge in [-0.1, -0.05) is 37.3 Å². The number of hydrogen-bond donors (Lipinski definition) is 1. The molecule has 1 amide bonds. The second kappa shape index (κ2) is 7.59. The highest BCUT2D eigenvalue weighted by atomic mass is 16.5. The number of benzene rings is 1. The lowest BCUT2D eigenvalue weighted by molar-refractivity contribution is -0.126. The highest BCUT2D eigenvalue weighted by Crippen LogP contribution is 2.15. The molecule has 21 heavy (non-hydrogen) atoms. The second-order valence-electron chi connectivity index (χ2n) is 4.95. The van der Waals surface area contributed by atoms with E-state index in [0.29, 0.717) is 6.61 Å². The van der Waals surface area contributed by atoms with Crippen molar-refractivity contribution < 1.29 is 9.53 Å². The van der Waals surface area contributed by atoms with Crippen molar-refractivity contribution in [2.24, 2.45) is 7.05 Å². The van der Waals surface area contributed by atoms with E-state index in [9.17, 15) is 4.79 Å². The molecule has 0 aliphatic rings. The van der Waals surface area contributed by atoms with E-state index >= 15 is 0 Å². The highest BCUT2D eigenvalue weighted by molar-refractivity contribution is 5.77. The van der Waals surface area contributed by atoms with Crippen molar-refractivity contribution in [1.82, 2.24) is 15.1 Å². The van der Waals surface area contributed by atoms with Crippen LogP contribution in [0.25, 0.3) is 0 Å². The Morgan fingerprint density at radius 1 is 1.38 bits per heavy atom. The van der Waals surface area contributed by atoms with Crippen LogP contribution in [0.15, 0.2) is 42.7 Å². The number of nitrogens with zero attached hydrogens (tertiary/aromatic N) is 2. The van der Waals surface area contributed by atoms with Crippen molar-refractivity contribution in [2.75, 3.05) is 6.61 Å². The summed E-state index contributed by atoms with van der Waals surface area (Å²) >= 11 is 0. The lowest BCUT2D eigenvalue weighted by Crippen LogP contribution is -2.31. The first kappa shape index (κ1) is 15.3. The fourth-order valence-corrected chi connectivity index (χ4v) is 2.11. The number of rotatable bonds is 7. The van der Waals surface area contributed by atoms with E-state index < -0.39 is 0 Å². The van der Waals surface area contributed by atoms with Crippen molar-refractivity contribution in [3.8, 4) is 0 Å². The Balaban J connectivity index is 1.78. The number of aromatic nitrogens is 2. The molecule has 112 valence electrons. The molecule has 1 aromatic heterocycles. The van der Waals surface area contributed by atoms with E-state index in [1.54, 1.807) is 10.9 Å². The molecule has 1 heterocycles. The summed E-state index contributed by atoms with van der Waals surface area (Å²) in [6.45, 7) is 2.53. The zero-order valence-electron chi connectivity index (χ0n) is 12.5. The van der Waals surface area contributed by atoms with Crippen LogP contribution in [0.4, 0.5) is 0 Å². The molecule has 0 fully saturated rings. The van der Waals surface area contributed by atoms with Gasteiger partial charge in [-0.25, -0.2) is 0 Å². The van der Waals surface area contributed by atoms with Crippen LogP contribution >= 0.6 is 0 Å². The lowest BCUT2D eigenvalue weighted by Gasteiger charge is -2.15. The number of hydrogen-bond acceptors (Lipinski definition) is 3. The number of aryl methyl sites for hydroxylation is 1. The highest BCUT2D eigenvalue weighted by Gasteiger charge is 2.14. The summed E-state index contributed by atoms with van der Waals surface area (Å²) in [5, 5.41) is 7.09. The van der Waals surface area contributed by atoms with Crippen molar-refractivity contribution in [1.29, 1.82) is 0 Å². The number of nitrogens with one attached hydrogen (secondary N) is 1. The van der Waals surface area contributed by atoms with Crippen LogP contribution in [0.5, 0.6) is 0 Å². The molecule has 0 saturated heterocycles. The van der Waals surface area contributed by atoms with Gasteiger partial charge in [-0.15, -0.1) is 0 Å². The maximum atomic E-state index is 11.9. The summed E-state index contributed by atoms with van der Waals surface area (Å²) in [5.74, 6) is -0.110. The van der Waals surface area contributed by atoms with E-state index in [0.717, 1.165) is 17.5 Å². The van der Waals surface area contributed by atoms with Gasteiger partial charge >= 0.3 is 0 Å². The minimum Gasteiger partial charge on any atom is -0.367 e. The zero-order valence-corrected chi connectivity index (χ0v) is 12.5. The van der Waals surface area contributed by atoms with Crippen LogP contribution in [0.2, 0.25) is 0 Å². The molecule has 1 N–H and O–H groups in total. The average Bonchev–Trinajstić information content (AvgIpc) is 2.92. The molecule has 0 aliphatic heterocycles.